The molecule has 1 atom stereocenters. The summed E-state index contributed by atoms with van der Waals surface area (Å²) >= 11 is 0. The van der Waals surface area contributed by atoms with Gasteiger partial charge < -0.3 is 10.4 Å². The number of hydrogen-bond donors (Lipinski definition) is 2. The Labute approximate surface area is 126 Å². The first-order valence-electron chi connectivity index (χ1n) is 7.69. The Kier molecular flexibility index (Phi) is 7.26. The smallest absolute Gasteiger partial charge is 0.129 e. The van der Waals surface area contributed by atoms with Crippen molar-refractivity contribution in [1.82, 2.24) is 5.32 Å². The van der Waals surface area contributed by atoms with Crippen molar-refractivity contribution in [2.45, 2.75) is 52.6 Å². The van der Waals surface area contributed by atoms with E-state index in [1.54, 1.807) is 0 Å². The largest absolute Gasteiger partial charge is 0.387 e. The fourth-order valence-electron chi connectivity index (χ4n) is 2.37. The van der Waals surface area contributed by atoms with Gasteiger partial charge in [0, 0.05) is 18.7 Å². The Morgan fingerprint density at radius 1 is 1.24 bits per heavy atom. The summed E-state index contributed by atoms with van der Waals surface area (Å²) in [5, 5.41) is 13.1. The summed E-state index contributed by atoms with van der Waals surface area (Å²) in [6.45, 7) is 7.48. The molecule has 1 aromatic rings. The van der Waals surface area contributed by atoms with Gasteiger partial charge in [-0.05, 0) is 30.0 Å². The van der Waals surface area contributed by atoms with E-state index in [1.165, 1.54) is 19.3 Å². The summed E-state index contributed by atoms with van der Waals surface area (Å²) in [7, 11) is 0. The SMILES string of the molecule is CCCCCC(C)(C)CNCC(O)c1cc(F)ccc1F. The van der Waals surface area contributed by atoms with E-state index in [-0.39, 0.29) is 17.5 Å². The lowest BCUT2D eigenvalue weighted by molar-refractivity contribution is 0.162. The Balaban J connectivity index is 2.42. The molecule has 0 amide bonds. The van der Waals surface area contributed by atoms with Crippen LogP contribution in [0.2, 0.25) is 0 Å². The van der Waals surface area contributed by atoms with E-state index >= 15 is 0 Å². The van der Waals surface area contributed by atoms with Crippen LogP contribution in [0, 0.1) is 17.0 Å². The van der Waals surface area contributed by atoms with Crippen LogP contribution in [0.5, 0.6) is 0 Å². The Morgan fingerprint density at radius 2 is 1.95 bits per heavy atom. The quantitative estimate of drug-likeness (QED) is 0.670. The zero-order chi connectivity index (χ0) is 15.9. The first-order valence-corrected chi connectivity index (χ1v) is 7.69. The number of benzene rings is 1. The highest BCUT2D eigenvalue weighted by Gasteiger charge is 2.19. The molecule has 21 heavy (non-hydrogen) atoms. The molecule has 1 rings (SSSR count). The lowest BCUT2D eigenvalue weighted by atomic mass is 9.87. The minimum atomic E-state index is -1.04. The molecule has 0 fully saturated rings. The number of unbranched alkanes of at least 4 members (excludes halogenated alkanes) is 2. The standard InChI is InChI=1S/C17H27F2NO/c1-4-5-6-9-17(2,3)12-20-11-16(21)14-10-13(18)7-8-15(14)19/h7-8,10,16,20-21H,4-6,9,11-12H2,1-3H3. The van der Waals surface area contributed by atoms with Gasteiger partial charge in [0.1, 0.15) is 11.6 Å². The molecule has 0 saturated carbocycles. The van der Waals surface area contributed by atoms with Crippen LogP contribution in [0.15, 0.2) is 18.2 Å². The van der Waals surface area contributed by atoms with Crippen molar-refractivity contribution in [3.05, 3.63) is 35.4 Å². The molecular weight excluding hydrogens is 272 g/mol. The maximum Gasteiger partial charge on any atom is 0.129 e. The number of aliphatic hydroxyl groups excluding tert-OH is 1. The van der Waals surface area contributed by atoms with E-state index in [4.69, 9.17) is 0 Å². The van der Waals surface area contributed by atoms with E-state index < -0.39 is 17.7 Å². The van der Waals surface area contributed by atoms with Crippen LogP contribution in [0.3, 0.4) is 0 Å². The molecule has 1 aromatic carbocycles. The van der Waals surface area contributed by atoms with Crippen LogP contribution in [0.1, 0.15) is 58.1 Å². The lowest BCUT2D eigenvalue weighted by Gasteiger charge is -2.26. The maximum atomic E-state index is 13.5. The molecule has 2 N–H and O–H groups in total. The Bertz CT molecular complexity index is 435. The first kappa shape index (κ1) is 18.1. The number of nitrogens with one attached hydrogen (secondary N) is 1. The van der Waals surface area contributed by atoms with Crippen molar-refractivity contribution in [2.24, 2.45) is 5.41 Å². The van der Waals surface area contributed by atoms with Gasteiger partial charge in [0.05, 0.1) is 6.10 Å². The molecule has 0 aliphatic rings. The summed E-state index contributed by atoms with van der Waals surface area (Å²) in [4.78, 5) is 0. The summed E-state index contributed by atoms with van der Waals surface area (Å²) in [5.74, 6) is -1.11. The minimum absolute atomic E-state index is 0.00582. The van der Waals surface area contributed by atoms with Gasteiger partial charge in [-0.2, -0.15) is 0 Å². The van der Waals surface area contributed by atoms with E-state index in [9.17, 15) is 13.9 Å². The maximum absolute atomic E-state index is 13.5. The van der Waals surface area contributed by atoms with Crippen LogP contribution in [0.25, 0.3) is 0 Å². The monoisotopic (exact) mass is 299 g/mol. The summed E-state index contributed by atoms with van der Waals surface area (Å²) in [5.41, 5.74) is 0.140. The molecule has 1 unspecified atom stereocenters. The number of hydrogen-bond acceptors (Lipinski definition) is 2. The van der Waals surface area contributed by atoms with Crippen LogP contribution in [-0.4, -0.2) is 18.2 Å². The van der Waals surface area contributed by atoms with Crippen LogP contribution >= 0.6 is 0 Å². The molecule has 0 saturated heterocycles. The average Bonchev–Trinajstić information content (AvgIpc) is 2.41. The van der Waals surface area contributed by atoms with Crippen LogP contribution in [0.4, 0.5) is 8.78 Å². The van der Waals surface area contributed by atoms with Crippen molar-refractivity contribution >= 4 is 0 Å². The highest BCUT2D eigenvalue weighted by atomic mass is 19.1. The molecule has 0 aliphatic carbocycles. The van der Waals surface area contributed by atoms with Crippen molar-refractivity contribution in [3.8, 4) is 0 Å². The third-order valence-corrected chi connectivity index (χ3v) is 3.72. The second-order valence-electron chi connectivity index (χ2n) is 6.43. The van der Waals surface area contributed by atoms with Crippen molar-refractivity contribution in [3.63, 3.8) is 0 Å². The second-order valence-corrected chi connectivity index (χ2v) is 6.43. The van der Waals surface area contributed by atoms with Gasteiger partial charge in [-0.25, -0.2) is 8.78 Å². The van der Waals surface area contributed by atoms with Crippen molar-refractivity contribution in [1.29, 1.82) is 0 Å². The van der Waals surface area contributed by atoms with Gasteiger partial charge >= 0.3 is 0 Å². The third kappa shape index (κ3) is 6.53. The molecule has 0 heterocycles. The fraction of sp³-hybridized carbons (Fsp3) is 0.647. The molecule has 0 aromatic heterocycles. The predicted molar refractivity (Wildman–Crippen MR) is 82.1 cm³/mol. The normalized spacial score (nSPS) is 13.4. The van der Waals surface area contributed by atoms with Gasteiger partial charge in [-0.15, -0.1) is 0 Å². The summed E-state index contributed by atoms with van der Waals surface area (Å²) < 4.78 is 26.6. The number of rotatable bonds is 9. The van der Waals surface area contributed by atoms with E-state index in [1.807, 2.05) is 0 Å². The Hall–Kier alpha value is -1.00. The second kappa shape index (κ2) is 8.44. The highest BCUT2D eigenvalue weighted by molar-refractivity contribution is 5.21. The van der Waals surface area contributed by atoms with Gasteiger partial charge in [0.15, 0.2) is 0 Å². The molecule has 0 spiro atoms. The summed E-state index contributed by atoms with van der Waals surface area (Å²) in [6, 6.07) is 3.15. The minimum Gasteiger partial charge on any atom is -0.387 e. The van der Waals surface area contributed by atoms with Crippen LogP contribution in [-0.2, 0) is 0 Å². The molecule has 120 valence electrons. The van der Waals surface area contributed by atoms with Crippen molar-refractivity contribution in [2.75, 3.05) is 13.1 Å². The molecule has 4 heteroatoms. The zero-order valence-corrected chi connectivity index (χ0v) is 13.3. The molecular formula is C17H27F2NO. The van der Waals surface area contributed by atoms with E-state index in [0.717, 1.165) is 31.2 Å². The van der Waals surface area contributed by atoms with Gasteiger partial charge in [-0.3, -0.25) is 0 Å². The topological polar surface area (TPSA) is 32.3 Å². The highest BCUT2D eigenvalue weighted by Crippen LogP contribution is 2.23. The van der Waals surface area contributed by atoms with Gasteiger partial charge in [0.25, 0.3) is 0 Å². The molecule has 2 nitrogen and oxygen atoms in total. The third-order valence-electron chi connectivity index (χ3n) is 3.72. The van der Waals surface area contributed by atoms with E-state index in [2.05, 4.69) is 26.1 Å². The molecule has 0 radical (unpaired) electrons. The molecule has 0 bridgehead atoms. The number of aliphatic hydroxyl groups is 1. The fourth-order valence-corrected chi connectivity index (χ4v) is 2.37. The predicted octanol–water partition coefficient (Wildman–Crippen LogP) is 4.19. The first-order chi connectivity index (χ1) is 9.85. The number of halogens is 2. The van der Waals surface area contributed by atoms with E-state index in [0.29, 0.717) is 0 Å². The zero-order valence-electron chi connectivity index (χ0n) is 13.3. The van der Waals surface area contributed by atoms with Crippen LogP contribution < -0.4 is 5.32 Å². The Morgan fingerprint density at radius 3 is 2.62 bits per heavy atom. The average molecular weight is 299 g/mol. The van der Waals surface area contributed by atoms with Gasteiger partial charge in [-0.1, -0.05) is 40.0 Å². The summed E-state index contributed by atoms with van der Waals surface area (Å²) in [6.07, 6.45) is 3.68. The molecule has 0 aliphatic heterocycles. The van der Waals surface area contributed by atoms with Gasteiger partial charge in [0.2, 0.25) is 0 Å². The lowest BCUT2D eigenvalue weighted by Crippen LogP contribution is -2.32. The van der Waals surface area contributed by atoms with Crippen molar-refractivity contribution < 1.29 is 13.9 Å².